The molecule has 1 heterocycles. The highest BCUT2D eigenvalue weighted by molar-refractivity contribution is 5.95. The molecule has 3 aromatic rings. The second-order valence-electron chi connectivity index (χ2n) is 7.25. The standard InChI is InChI=1S/C24H19F3N2O2/c1-13(16-7-8-19(11-28)21(25)10-16)29-12-20(15(3)30)23(31)22(14(29)2)17-5-4-6-18(9-17)24(26)27/h4-10,12-13,24H,1-3H3. The Bertz CT molecular complexity index is 1270. The average Bonchev–Trinajstić information content (AvgIpc) is 2.73. The van der Waals surface area contributed by atoms with Crippen molar-refractivity contribution in [3.8, 4) is 17.2 Å². The van der Waals surface area contributed by atoms with Crippen molar-refractivity contribution < 1.29 is 18.0 Å². The molecule has 0 bridgehead atoms. The number of nitriles is 1. The first-order valence-corrected chi connectivity index (χ1v) is 9.50. The smallest absolute Gasteiger partial charge is 0.263 e. The second kappa shape index (κ2) is 8.60. The number of ketones is 1. The summed E-state index contributed by atoms with van der Waals surface area (Å²) in [6.07, 6.45) is -1.31. The van der Waals surface area contributed by atoms with Gasteiger partial charge in [-0.25, -0.2) is 13.2 Å². The second-order valence-corrected chi connectivity index (χ2v) is 7.25. The number of rotatable bonds is 5. The number of pyridine rings is 1. The van der Waals surface area contributed by atoms with Gasteiger partial charge in [0.25, 0.3) is 6.43 Å². The van der Waals surface area contributed by atoms with Gasteiger partial charge >= 0.3 is 0 Å². The van der Waals surface area contributed by atoms with E-state index in [9.17, 15) is 22.8 Å². The van der Waals surface area contributed by atoms with Crippen LogP contribution in [-0.4, -0.2) is 10.4 Å². The number of nitrogens with zero attached hydrogens (tertiary/aromatic N) is 2. The van der Waals surface area contributed by atoms with Crippen LogP contribution in [0.4, 0.5) is 13.2 Å². The van der Waals surface area contributed by atoms with Crippen LogP contribution in [0.1, 0.15) is 59.1 Å². The number of carbonyl (C=O) groups is 1. The van der Waals surface area contributed by atoms with E-state index in [0.717, 1.165) is 0 Å². The molecular formula is C24H19F3N2O2. The zero-order valence-corrected chi connectivity index (χ0v) is 17.1. The Kier molecular flexibility index (Phi) is 6.11. The summed E-state index contributed by atoms with van der Waals surface area (Å²) in [5, 5.41) is 8.94. The van der Waals surface area contributed by atoms with Crippen molar-refractivity contribution in [2.45, 2.75) is 33.2 Å². The van der Waals surface area contributed by atoms with Crippen molar-refractivity contribution in [2.24, 2.45) is 0 Å². The van der Waals surface area contributed by atoms with Crippen molar-refractivity contribution in [1.82, 2.24) is 4.57 Å². The van der Waals surface area contributed by atoms with Gasteiger partial charge in [-0.05, 0) is 50.1 Å². The Labute approximate surface area is 177 Å². The monoisotopic (exact) mass is 424 g/mol. The highest BCUT2D eigenvalue weighted by Crippen LogP contribution is 2.29. The van der Waals surface area contributed by atoms with Crippen LogP contribution in [0.15, 0.2) is 53.5 Å². The summed E-state index contributed by atoms with van der Waals surface area (Å²) < 4.78 is 42.2. The Morgan fingerprint density at radius 1 is 1.13 bits per heavy atom. The first-order valence-electron chi connectivity index (χ1n) is 9.50. The molecule has 0 amide bonds. The first kappa shape index (κ1) is 22.0. The lowest BCUT2D eigenvalue weighted by atomic mass is 9.97. The lowest BCUT2D eigenvalue weighted by molar-refractivity contribution is 0.101. The Morgan fingerprint density at radius 3 is 2.42 bits per heavy atom. The van der Waals surface area contributed by atoms with Crippen LogP contribution in [0.3, 0.4) is 0 Å². The zero-order valence-electron chi connectivity index (χ0n) is 17.1. The molecule has 1 atom stereocenters. The minimum absolute atomic E-state index is 0.0935. The predicted molar refractivity (Wildman–Crippen MR) is 111 cm³/mol. The van der Waals surface area contributed by atoms with E-state index in [1.165, 1.54) is 49.5 Å². The van der Waals surface area contributed by atoms with Crippen LogP contribution in [0.25, 0.3) is 11.1 Å². The van der Waals surface area contributed by atoms with Gasteiger partial charge in [-0.3, -0.25) is 9.59 Å². The SMILES string of the molecule is CC(=O)c1cn(C(C)c2ccc(C#N)c(F)c2)c(C)c(-c2cccc(C(F)F)c2)c1=O. The largest absolute Gasteiger partial charge is 0.343 e. The van der Waals surface area contributed by atoms with Gasteiger partial charge in [0.05, 0.1) is 17.2 Å². The number of hydrogen-bond acceptors (Lipinski definition) is 3. The summed E-state index contributed by atoms with van der Waals surface area (Å²) in [7, 11) is 0. The summed E-state index contributed by atoms with van der Waals surface area (Å²) >= 11 is 0. The molecule has 0 aliphatic heterocycles. The van der Waals surface area contributed by atoms with Crippen molar-refractivity contribution in [3.63, 3.8) is 0 Å². The van der Waals surface area contributed by atoms with Crippen molar-refractivity contribution in [1.29, 1.82) is 5.26 Å². The third-order valence-electron chi connectivity index (χ3n) is 5.31. The van der Waals surface area contributed by atoms with Gasteiger partial charge in [-0.2, -0.15) is 5.26 Å². The van der Waals surface area contributed by atoms with Crippen LogP contribution < -0.4 is 5.43 Å². The molecular weight excluding hydrogens is 405 g/mol. The van der Waals surface area contributed by atoms with Crippen molar-refractivity contribution >= 4 is 5.78 Å². The summed E-state index contributed by atoms with van der Waals surface area (Å²) in [5.41, 5.74) is 0.393. The van der Waals surface area contributed by atoms with E-state index < -0.39 is 29.5 Å². The summed E-state index contributed by atoms with van der Waals surface area (Å²) in [4.78, 5) is 25.2. The van der Waals surface area contributed by atoms with Gasteiger partial charge in [0.2, 0.25) is 0 Å². The third kappa shape index (κ3) is 4.15. The van der Waals surface area contributed by atoms with Crippen LogP contribution in [0.5, 0.6) is 0 Å². The summed E-state index contributed by atoms with van der Waals surface area (Å²) in [5.74, 6) is -1.15. The molecule has 1 aromatic heterocycles. The van der Waals surface area contributed by atoms with E-state index in [0.29, 0.717) is 11.3 Å². The van der Waals surface area contributed by atoms with Gasteiger partial charge in [-0.15, -0.1) is 0 Å². The lowest BCUT2D eigenvalue weighted by Crippen LogP contribution is -2.23. The van der Waals surface area contributed by atoms with Crippen LogP contribution >= 0.6 is 0 Å². The minimum atomic E-state index is -2.71. The fourth-order valence-corrected chi connectivity index (χ4v) is 3.59. The molecule has 0 radical (unpaired) electrons. The fourth-order valence-electron chi connectivity index (χ4n) is 3.59. The molecule has 1 unspecified atom stereocenters. The number of benzene rings is 2. The molecule has 158 valence electrons. The van der Waals surface area contributed by atoms with E-state index in [1.807, 2.05) is 0 Å². The van der Waals surface area contributed by atoms with E-state index in [-0.39, 0.29) is 27.8 Å². The number of aromatic nitrogens is 1. The van der Waals surface area contributed by atoms with Crippen LogP contribution in [0.2, 0.25) is 0 Å². The Morgan fingerprint density at radius 2 is 1.84 bits per heavy atom. The number of halogens is 3. The number of alkyl halides is 2. The molecule has 2 aromatic carbocycles. The molecule has 3 rings (SSSR count). The zero-order chi connectivity index (χ0) is 22.9. The number of carbonyl (C=O) groups excluding carboxylic acids is 1. The molecule has 0 saturated heterocycles. The number of Topliss-reactive ketones (excluding diaryl/α,β-unsaturated/α-hetero) is 1. The molecule has 0 aliphatic rings. The van der Waals surface area contributed by atoms with Crippen molar-refractivity contribution in [3.05, 3.63) is 92.6 Å². The Hall–Kier alpha value is -3.66. The minimum Gasteiger partial charge on any atom is -0.343 e. The fraction of sp³-hybridized carbons (Fsp3) is 0.208. The third-order valence-corrected chi connectivity index (χ3v) is 5.31. The van der Waals surface area contributed by atoms with E-state index >= 15 is 0 Å². The van der Waals surface area contributed by atoms with E-state index in [1.54, 1.807) is 30.6 Å². The van der Waals surface area contributed by atoms with Crippen LogP contribution in [-0.2, 0) is 0 Å². The van der Waals surface area contributed by atoms with Crippen LogP contribution in [0, 0.1) is 24.1 Å². The quantitative estimate of drug-likeness (QED) is 0.502. The van der Waals surface area contributed by atoms with E-state index in [2.05, 4.69) is 0 Å². The molecule has 0 fully saturated rings. The number of hydrogen-bond donors (Lipinski definition) is 0. The molecule has 0 spiro atoms. The highest BCUT2D eigenvalue weighted by atomic mass is 19.3. The first-order chi connectivity index (χ1) is 14.6. The topological polar surface area (TPSA) is 62.9 Å². The molecule has 0 aliphatic carbocycles. The normalized spacial score (nSPS) is 11.9. The van der Waals surface area contributed by atoms with Gasteiger partial charge in [-0.1, -0.05) is 24.3 Å². The predicted octanol–water partition coefficient (Wildman–Crippen LogP) is 5.58. The molecule has 0 N–H and O–H groups in total. The highest BCUT2D eigenvalue weighted by Gasteiger charge is 2.21. The van der Waals surface area contributed by atoms with Gasteiger partial charge < -0.3 is 4.57 Å². The molecule has 7 heteroatoms. The van der Waals surface area contributed by atoms with Gasteiger partial charge in [0.15, 0.2) is 11.2 Å². The summed E-state index contributed by atoms with van der Waals surface area (Å²) in [6.45, 7) is 4.65. The summed E-state index contributed by atoms with van der Waals surface area (Å²) in [6, 6.07) is 10.9. The Balaban J connectivity index is 2.26. The van der Waals surface area contributed by atoms with Gasteiger partial charge in [0.1, 0.15) is 11.9 Å². The maximum absolute atomic E-state index is 14.2. The maximum Gasteiger partial charge on any atom is 0.263 e. The van der Waals surface area contributed by atoms with Gasteiger partial charge in [0, 0.05) is 23.0 Å². The molecule has 0 saturated carbocycles. The molecule has 31 heavy (non-hydrogen) atoms. The lowest BCUT2D eigenvalue weighted by Gasteiger charge is -2.23. The van der Waals surface area contributed by atoms with E-state index in [4.69, 9.17) is 5.26 Å². The maximum atomic E-state index is 14.2. The van der Waals surface area contributed by atoms with Crippen molar-refractivity contribution in [2.75, 3.05) is 0 Å². The molecule has 4 nitrogen and oxygen atoms in total. The average molecular weight is 424 g/mol.